The van der Waals surface area contributed by atoms with Gasteiger partial charge in [-0.25, -0.2) is 4.39 Å². The molecule has 0 aliphatic rings. The minimum Gasteiger partial charge on any atom is -0.368 e. The maximum absolute atomic E-state index is 14.2. The number of nitrogens with zero attached hydrogens (tertiary/aromatic N) is 1. The highest BCUT2D eigenvalue weighted by molar-refractivity contribution is 5.56. The van der Waals surface area contributed by atoms with Gasteiger partial charge in [0.1, 0.15) is 5.82 Å². The molecule has 1 aromatic rings. The maximum atomic E-state index is 14.2. The summed E-state index contributed by atoms with van der Waals surface area (Å²) in [5, 5.41) is 3.14. The Morgan fingerprint density at radius 2 is 1.79 bits per heavy atom. The Labute approximate surface area is 117 Å². The minimum atomic E-state index is -0.131. The van der Waals surface area contributed by atoms with Crippen LogP contribution in [0.4, 0.5) is 10.1 Å². The van der Waals surface area contributed by atoms with Crippen LogP contribution in [0.25, 0.3) is 0 Å². The molecule has 0 saturated heterocycles. The third kappa shape index (κ3) is 3.93. The van der Waals surface area contributed by atoms with Crippen molar-refractivity contribution in [2.75, 3.05) is 18.5 Å². The summed E-state index contributed by atoms with van der Waals surface area (Å²) in [5.41, 5.74) is 1.77. The molecule has 1 N–H and O–H groups in total. The first kappa shape index (κ1) is 16.0. The van der Waals surface area contributed by atoms with E-state index in [1.807, 2.05) is 20.0 Å². The van der Waals surface area contributed by atoms with E-state index in [-0.39, 0.29) is 11.9 Å². The SMILES string of the molecule is CNC(C)c1c(F)cccc1N(CC(C)C)C(C)C. The van der Waals surface area contributed by atoms with Gasteiger partial charge in [0.05, 0.1) is 0 Å². The monoisotopic (exact) mass is 266 g/mol. The molecule has 0 radical (unpaired) electrons. The molecule has 1 atom stereocenters. The number of hydrogen-bond donors (Lipinski definition) is 1. The fourth-order valence-corrected chi connectivity index (χ4v) is 2.33. The summed E-state index contributed by atoms with van der Waals surface area (Å²) in [7, 11) is 1.86. The van der Waals surface area contributed by atoms with E-state index in [9.17, 15) is 4.39 Å². The van der Waals surface area contributed by atoms with Crippen molar-refractivity contribution in [2.24, 2.45) is 5.92 Å². The van der Waals surface area contributed by atoms with Crippen molar-refractivity contribution in [2.45, 2.75) is 46.7 Å². The van der Waals surface area contributed by atoms with Crippen LogP contribution in [-0.2, 0) is 0 Å². The fraction of sp³-hybridized carbons (Fsp3) is 0.625. The molecule has 0 saturated carbocycles. The van der Waals surface area contributed by atoms with Crippen LogP contribution in [0.3, 0.4) is 0 Å². The summed E-state index contributed by atoms with van der Waals surface area (Å²) in [5.74, 6) is 0.414. The Morgan fingerprint density at radius 3 is 2.26 bits per heavy atom. The van der Waals surface area contributed by atoms with E-state index in [1.54, 1.807) is 12.1 Å². The molecule has 108 valence electrons. The van der Waals surface area contributed by atoms with Gasteiger partial charge in [-0.2, -0.15) is 0 Å². The number of benzene rings is 1. The van der Waals surface area contributed by atoms with Gasteiger partial charge in [0.2, 0.25) is 0 Å². The van der Waals surface area contributed by atoms with Crippen molar-refractivity contribution in [1.29, 1.82) is 0 Å². The number of nitrogens with one attached hydrogen (secondary N) is 1. The lowest BCUT2D eigenvalue weighted by molar-refractivity contribution is 0.540. The molecule has 3 heteroatoms. The first-order valence-corrected chi connectivity index (χ1v) is 7.10. The van der Waals surface area contributed by atoms with E-state index >= 15 is 0 Å². The number of anilines is 1. The van der Waals surface area contributed by atoms with Gasteiger partial charge in [0, 0.05) is 29.9 Å². The second-order valence-electron chi connectivity index (χ2n) is 5.82. The Kier molecular flexibility index (Phi) is 5.80. The first-order valence-electron chi connectivity index (χ1n) is 7.10. The third-order valence-electron chi connectivity index (χ3n) is 3.39. The quantitative estimate of drug-likeness (QED) is 0.838. The molecule has 0 bridgehead atoms. The molecule has 1 unspecified atom stereocenters. The second-order valence-corrected chi connectivity index (χ2v) is 5.82. The third-order valence-corrected chi connectivity index (χ3v) is 3.39. The zero-order valence-electron chi connectivity index (χ0n) is 13.0. The molecule has 0 fully saturated rings. The van der Waals surface area contributed by atoms with Crippen LogP contribution in [-0.4, -0.2) is 19.6 Å². The van der Waals surface area contributed by atoms with Crippen LogP contribution in [0, 0.1) is 11.7 Å². The molecule has 0 spiro atoms. The number of halogens is 1. The average Bonchev–Trinajstić information content (AvgIpc) is 2.34. The van der Waals surface area contributed by atoms with E-state index in [0.29, 0.717) is 12.0 Å². The maximum Gasteiger partial charge on any atom is 0.130 e. The van der Waals surface area contributed by atoms with Gasteiger partial charge in [-0.15, -0.1) is 0 Å². The molecule has 1 rings (SSSR count). The summed E-state index contributed by atoms with van der Waals surface area (Å²) in [4.78, 5) is 2.29. The Balaban J connectivity index is 3.25. The summed E-state index contributed by atoms with van der Waals surface area (Å²) in [6.45, 7) is 11.6. The van der Waals surface area contributed by atoms with Crippen LogP contribution in [0.2, 0.25) is 0 Å². The van der Waals surface area contributed by atoms with Gasteiger partial charge in [0.25, 0.3) is 0 Å². The van der Waals surface area contributed by atoms with Gasteiger partial charge >= 0.3 is 0 Å². The molecule has 2 nitrogen and oxygen atoms in total. The lowest BCUT2D eigenvalue weighted by Crippen LogP contribution is -2.35. The summed E-state index contributed by atoms with van der Waals surface area (Å²) < 4.78 is 14.2. The summed E-state index contributed by atoms with van der Waals surface area (Å²) in [6, 6.07) is 5.72. The van der Waals surface area contributed by atoms with E-state index in [1.165, 1.54) is 0 Å². The molecule has 1 aromatic carbocycles. The van der Waals surface area contributed by atoms with Gasteiger partial charge in [0.15, 0.2) is 0 Å². The zero-order valence-corrected chi connectivity index (χ0v) is 13.0. The minimum absolute atomic E-state index is 0.00427. The largest absolute Gasteiger partial charge is 0.368 e. The highest BCUT2D eigenvalue weighted by atomic mass is 19.1. The van der Waals surface area contributed by atoms with Crippen molar-refractivity contribution >= 4 is 5.69 Å². The van der Waals surface area contributed by atoms with Gasteiger partial charge < -0.3 is 10.2 Å². The van der Waals surface area contributed by atoms with Crippen molar-refractivity contribution < 1.29 is 4.39 Å². The summed E-state index contributed by atoms with van der Waals surface area (Å²) in [6.07, 6.45) is 0. The first-order chi connectivity index (χ1) is 8.88. The highest BCUT2D eigenvalue weighted by Gasteiger charge is 2.21. The Morgan fingerprint density at radius 1 is 1.16 bits per heavy atom. The van der Waals surface area contributed by atoms with Crippen LogP contribution in [0.5, 0.6) is 0 Å². The summed E-state index contributed by atoms with van der Waals surface area (Å²) >= 11 is 0. The van der Waals surface area contributed by atoms with Gasteiger partial charge in [-0.1, -0.05) is 19.9 Å². The highest BCUT2D eigenvalue weighted by Crippen LogP contribution is 2.30. The topological polar surface area (TPSA) is 15.3 Å². The molecular formula is C16H27FN2. The van der Waals surface area contributed by atoms with Crippen LogP contribution in [0.1, 0.15) is 46.2 Å². The molecule has 0 heterocycles. The Bertz CT molecular complexity index is 402. The Hall–Kier alpha value is -1.09. The van der Waals surface area contributed by atoms with Crippen molar-refractivity contribution in [3.8, 4) is 0 Å². The smallest absolute Gasteiger partial charge is 0.130 e. The van der Waals surface area contributed by atoms with Crippen LogP contribution >= 0.6 is 0 Å². The second kappa shape index (κ2) is 6.90. The zero-order chi connectivity index (χ0) is 14.6. The van der Waals surface area contributed by atoms with E-state index < -0.39 is 0 Å². The van der Waals surface area contributed by atoms with E-state index in [0.717, 1.165) is 17.8 Å². The molecule has 0 amide bonds. The fourth-order valence-electron chi connectivity index (χ4n) is 2.33. The van der Waals surface area contributed by atoms with Crippen molar-refractivity contribution in [3.05, 3.63) is 29.6 Å². The molecule has 0 aliphatic heterocycles. The number of rotatable bonds is 6. The predicted octanol–water partition coefficient (Wildman–Crippen LogP) is 3.98. The van der Waals surface area contributed by atoms with Crippen LogP contribution < -0.4 is 10.2 Å². The lowest BCUT2D eigenvalue weighted by atomic mass is 10.0. The number of hydrogen-bond acceptors (Lipinski definition) is 2. The molecule has 19 heavy (non-hydrogen) atoms. The van der Waals surface area contributed by atoms with Crippen molar-refractivity contribution in [1.82, 2.24) is 5.32 Å². The molecular weight excluding hydrogens is 239 g/mol. The van der Waals surface area contributed by atoms with E-state index in [2.05, 4.69) is 37.9 Å². The standard InChI is InChI=1S/C16H27FN2/c1-11(2)10-19(12(3)4)15-9-7-8-14(17)16(15)13(5)18-6/h7-9,11-13,18H,10H2,1-6H3. The lowest BCUT2D eigenvalue weighted by Gasteiger charge is -2.33. The van der Waals surface area contributed by atoms with Crippen molar-refractivity contribution in [3.63, 3.8) is 0 Å². The molecule has 0 aromatic heterocycles. The molecule has 0 aliphatic carbocycles. The predicted molar refractivity (Wildman–Crippen MR) is 81.2 cm³/mol. The normalized spacial score (nSPS) is 13.1. The van der Waals surface area contributed by atoms with Crippen LogP contribution in [0.15, 0.2) is 18.2 Å². The van der Waals surface area contributed by atoms with E-state index in [4.69, 9.17) is 0 Å². The average molecular weight is 266 g/mol. The van der Waals surface area contributed by atoms with Gasteiger partial charge in [-0.05, 0) is 45.9 Å². The van der Waals surface area contributed by atoms with Gasteiger partial charge in [-0.3, -0.25) is 0 Å².